The van der Waals surface area contributed by atoms with Gasteiger partial charge in [0.05, 0.1) is 0 Å². The highest BCUT2D eigenvalue weighted by molar-refractivity contribution is 5.54. The van der Waals surface area contributed by atoms with E-state index in [0.717, 1.165) is 6.54 Å². The number of hydrogen-bond acceptors (Lipinski definition) is 3. The Bertz CT molecular complexity index is 368. The Morgan fingerprint density at radius 1 is 1.26 bits per heavy atom. The summed E-state index contributed by atoms with van der Waals surface area (Å²) in [6, 6.07) is 0. The van der Waals surface area contributed by atoms with E-state index >= 15 is 0 Å². The van der Waals surface area contributed by atoms with E-state index in [1.807, 2.05) is 25.4 Å². The van der Waals surface area contributed by atoms with Crippen molar-refractivity contribution in [1.29, 1.82) is 0 Å². The minimum absolute atomic E-state index is 0.124. The van der Waals surface area contributed by atoms with Crippen LogP contribution < -0.4 is 0 Å². The topological polar surface area (TPSA) is 18.8 Å². The van der Waals surface area contributed by atoms with Crippen molar-refractivity contribution in [2.45, 2.75) is 38.6 Å². The van der Waals surface area contributed by atoms with Crippen molar-refractivity contribution in [2.24, 2.45) is 4.99 Å². The fourth-order valence-corrected chi connectivity index (χ4v) is 3.14. The van der Waals surface area contributed by atoms with Gasteiger partial charge in [-0.2, -0.15) is 0 Å². The lowest BCUT2D eigenvalue weighted by molar-refractivity contribution is 0.124. The first-order valence-corrected chi connectivity index (χ1v) is 7.49. The van der Waals surface area contributed by atoms with Crippen LogP contribution in [0.3, 0.4) is 0 Å². The van der Waals surface area contributed by atoms with E-state index in [-0.39, 0.29) is 5.54 Å². The number of rotatable bonds is 6. The Labute approximate surface area is 117 Å². The molecule has 0 aromatic heterocycles. The zero-order valence-corrected chi connectivity index (χ0v) is 12.4. The van der Waals surface area contributed by atoms with E-state index in [2.05, 4.69) is 28.3 Å². The second-order valence-corrected chi connectivity index (χ2v) is 5.76. The normalized spacial score (nSPS) is 29.9. The van der Waals surface area contributed by atoms with Gasteiger partial charge in [-0.25, -0.2) is 0 Å². The van der Waals surface area contributed by atoms with Crippen molar-refractivity contribution in [2.75, 3.05) is 32.7 Å². The fraction of sp³-hybridized carbons (Fsp3) is 0.688. The van der Waals surface area contributed by atoms with Crippen LogP contribution in [0.25, 0.3) is 0 Å². The Hall–Kier alpha value is -0.930. The molecule has 0 amide bonds. The fourth-order valence-electron chi connectivity index (χ4n) is 3.14. The summed E-state index contributed by atoms with van der Waals surface area (Å²) < 4.78 is 0. The standard InChI is InChI=1S/C16H27N3/c1-4-15(14-17-5-2)16(3)8-6-11-19(16)13-12-18-9-7-10-18/h4-5,14H,1,6-13H2,2-3H3/b15-14+,17-5?. The first-order chi connectivity index (χ1) is 9.20. The molecule has 2 saturated heterocycles. The molecule has 106 valence electrons. The molecule has 3 heteroatoms. The lowest BCUT2D eigenvalue weighted by atomic mass is 9.89. The average molecular weight is 261 g/mol. The highest BCUT2D eigenvalue weighted by Crippen LogP contribution is 2.35. The Morgan fingerprint density at radius 3 is 2.63 bits per heavy atom. The van der Waals surface area contributed by atoms with Crippen LogP contribution in [-0.2, 0) is 0 Å². The monoisotopic (exact) mass is 261 g/mol. The molecule has 19 heavy (non-hydrogen) atoms. The lowest BCUT2D eigenvalue weighted by Crippen LogP contribution is -2.48. The molecular formula is C16H27N3. The molecule has 2 aliphatic heterocycles. The zero-order valence-electron chi connectivity index (χ0n) is 12.4. The minimum Gasteiger partial charge on any atom is -0.302 e. The Balaban J connectivity index is 2.02. The molecule has 2 rings (SSSR count). The molecule has 0 radical (unpaired) electrons. The van der Waals surface area contributed by atoms with Crippen molar-refractivity contribution in [3.05, 3.63) is 24.4 Å². The highest BCUT2D eigenvalue weighted by atomic mass is 15.3. The van der Waals surface area contributed by atoms with E-state index in [0.29, 0.717) is 0 Å². The van der Waals surface area contributed by atoms with Crippen LogP contribution in [0.2, 0.25) is 0 Å². The minimum atomic E-state index is 0.124. The zero-order chi connectivity index (χ0) is 13.7. The third kappa shape index (κ3) is 3.15. The van der Waals surface area contributed by atoms with Crippen LogP contribution in [0.4, 0.5) is 0 Å². The van der Waals surface area contributed by atoms with Gasteiger partial charge in [0.15, 0.2) is 0 Å². The van der Waals surface area contributed by atoms with Gasteiger partial charge in [-0.1, -0.05) is 12.7 Å². The van der Waals surface area contributed by atoms with Crippen LogP contribution in [-0.4, -0.2) is 54.3 Å². The first-order valence-electron chi connectivity index (χ1n) is 7.49. The van der Waals surface area contributed by atoms with Crippen LogP contribution >= 0.6 is 0 Å². The average Bonchev–Trinajstić information content (AvgIpc) is 2.71. The summed E-state index contributed by atoms with van der Waals surface area (Å²) in [5, 5.41) is 0. The predicted octanol–water partition coefficient (Wildman–Crippen LogP) is 2.71. The van der Waals surface area contributed by atoms with Crippen LogP contribution in [0.15, 0.2) is 29.4 Å². The van der Waals surface area contributed by atoms with Gasteiger partial charge < -0.3 is 4.90 Å². The third-order valence-electron chi connectivity index (χ3n) is 4.63. The van der Waals surface area contributed by atoms with Crippen LogP contribution in [0.1, 0.15) is 33.1 Å². The molecular weight excluding hydrogens is 234 g/mol. The van der Waals surface area contributed by atoms with Gasteiger partial charge in [0.25, 0.3) is 0 Å². The molecule has 1 atom stereocenters. The maximum atomic E-state index is 4.29. The molecule has 1 unspecified atom stereocenters. The molecule has 2 heterocycles. The van der Waals surface area contributed by atoms with Gasteiger partial charge in [-0.05, 0) is 58.3 Å². The van der Waals surface area contributed by atoms with Gasteiger partial charge in [-0.15, -0.1) is 0 Å². The molecule has 2 aliphatic rings. The molecule has 0 aromatic rings. The number of hydrogen-bond donors (Lipinski definition) is 0. The Morgan fingerprint density at radius 2 is 2.05 bits per heavy atom. The van der Waals surface area contributed by atoms with Crippen molar-refractivity contribution >= 4 is 6.21 Å². The van der Waals surface area contributed by atoms with Gasteiger partial charge in [0, 0.05) is 31.0 Å². The summed E-state index contributed by atoms with van der Waals surface area (Å²) in [5.41, 5.74) is 1.38. The molecule has 0 spiro atoms. The summed E-state index contributed by atoms with van der Waals surface area (Å²) >= 11 is 0. The smallest absolute Gasteiger partial charge is 0.0448 e. The molecule has 0 aliphatic carbocycles. The van der Waals surface area contributed by atoms with Crippen LogP contribution in [0.5, 0.6) is 0 Å². The van der Waals surface area contributed by atoms with Crippen molar-refractivity contribution < 1.29 is 0 Å². The maximum absolute atomic E-state index is 4.29. The molecule has 0 N–H and O–H groups in total. The van der Waals surface area contributed by atoms with Gasteiger partial charge >= 0.3 is 0 Å². The number of aliphatic imine (C=N–C) groups is 1. The first kappa shape index (κ1) is 14.5. The molecule has 0 aromatic carbocycles. The van der Waals surface area contributed by atoms with Crippen LogP contribution in [0, 0.1) is 0 Å². The van der Waals surface area contributed by atoms with Gasteiger partial charge in [-0.3, -0.25) is 9.89 Å². The number of nitrogens with zero attached hydrogens (tertiary/aromatic N) is 3. The lowest BCUT2D eigenvalue weighted by Gasteiger charge is -2.39. The predicted molar refractivity (Wildman–Crippen MR) is 82.7 cm³/mol. The molecule has 2 fully saturated rings. The molecule has 0 bridgehead atoms. The summed E-state index contributed by atoms with van der Waals surface area (Å²) in [6.07, 6.45) is 9.66. The summed E-state index contributed by atoms with van der Waals surface area (Å²) in [6.45, 7) is 14.4. The summed E-state index contributed by atoms with van der Waals surface area (Å²) in [5.74, 6) is 0. The number of likely N-dealkylation sites (tertiary alicyclic amines) is 2. The Kier molecular flexibility index (Phi) is 4.94. The van der Waals surface area contributed by atoms with E-state index < -0.39 is 0 Å². The largest absolute Gasteiger partial charge is 0.302 e. The summed E-state index contributed by atoms with van der Waals surface area (Å²) in [7, 11) is 0. The summed E-state index contributed by atoms with van der Waals surface area (Å²) in [4.78, 5) is 9.45. The molecule has 3 nitrogen and oxygen atoms in total. The van der Waals surface area contributed by atoms with E-state index in [4.69, 9.17) is 0 Å². The van der Waals surface area contributed by atoms with E-state index in [9.17, 15) is 0 Å². The van der Waals surface area contributed by atoms with E-state index in [1.165, 1.54) is 51.0 Å². The third-order valence-corrected chi connectivity index (χ3v) is 4.63. The van der Waals surface area contributed by atoms with Crippen molar-refractivity contribution in [1.82, 2.24) is 9.80 Å². The van der Waals surface area contributed by atoms with Gasteiger partial charge in [0.2, 0.25) is 0 Å². The van der Waals surface area contributed by atoms with E-state index in [1.54, 1.807) is 0 Å². The maximum Gasteiger partial charge on any atom is 0.0448 e. The van der Waals surface area contributed by atoms with Crippen molar-refractivity contribution in [3.63, 3.8) is 0 Å². The SMILES string of the molecule is C=C/C(=C\N=CC)C1(C)CCCN1CCN1CCC1. The second-order valence-electron chi connectivity index (χ2n) is 5.76. The molecule has 0 saturated carbocycles. The quantitative estimate of drug-likeness (QED) is 0.541. The van der Waals surface area contributed by atoms with Gasteiger partial charge in [0.1, 0.15) is 0 Å². The van der Waals surface area contributed by atoms with Crippen molar-refractivity contribution in [3.8, 4) is 0 Å². The second kappa shape index (κ2) is 6.49. The highest BCUT2D eigenvalue weighted by Gasteiger charge is 2.38.